The van der Waals surface area contributed by atoms with Gasteiger partial charge in [0.2, 0.25) is 0 Å². The van der Waals surface area contributed by atoms with Crippen LogP contribution in [-0.2, 0) is 52.1 Å². The van der Waals surface area contributed by atoms with Crippen LogP contribution in [0.25, 0.3) is 0 Å². The van der Waals surface area contributed by atoms with Gasteiger partial charge in [0.15, 0.2) is 0 Å². The van der Waals surface area contributed by atoms with Gasteiger partial charge in [0.05, 0.1) is 139 Å². The molecular weight excluding hydrogens is 723 g/mol. The molecule has 0 aliphatic rings. The first kappa shape index (κ1) is 47.3. The van der Waals surface area contributed by atoms with Gasteiger partial charge in [-0.15, -0.1) is 0 Å². The molecule has 0 aromatic rings. The van der Waals surface area contributed by atoms with Crippen LogP contribution in [0.15, 0.2) is 0 Å². The molecule has 0 spiro atoms. The van der Waals surface area contributed by atoms with Crippen LogP contribution in [0.2, 0.25) is 0 Å². The van der Waals surface area contributed by atoms with Crippen molar-refractivity contribution in [3.63, 3.8) is 0 Å². The molecule has 11 nitrogen and oxygen atoms in total. The van der Waals surface area contributed by atoms with Gasteiger partial charge < -0.3 is 52.1 Å². The van der Waals surface area contributed by atoms with Gasteiger partial charge in [-0.25, -0.2) is 0 Å². The number of alkyl halides is 1. The number of hydrogen-bond donors (Lipinski definition) is 0. The SMILES string of the molecule is CCCCCCCCCCCCCOCCOCCOCCOCCOCCOCCOCCOCCOCCOCCOCCI. The highest BCUT2D eigenvalue weighted by Crippen LogP contribution is 2.11. The number of hydrogen-bond acceptors (Lipinski definition) is 11. The van der Waals surface area contributed by atoms with Gasteiger partial charge in [0.1, 0.15) is 0 Å². The van der Waals surface area contributed by atoms with E-state index in [-0.39, 0.29) is 0 Å². The van der Waals surface area contributed by atoms with Crippen LogP contribution in [0, 0.1) is 0 Å². The molecule has 0 heterocycles. The number of unbranched alkanes of at least 4 members (excludes halogenated alkanes) is 10. The molecule has 0 aliphatic carbocycles. The normalized spacial score (nSPS) is 11.6. The van der Waals surface area contributed by atoms with Gasteiger partial charge in [-0.05, 0) is 6.42 Å². The summed E-state index contributed by atoms with van der Waals surface area (Å²) in [5.41, 5.74) is 0. The van der Waals surface area contributed by atoms with Gasteiger partial charge in [0, 0.05) is 11.0 Å². The molecule has 0 bridgehead atoms. The van der Waals surface area contributed by atoms with Crippen molar-refractivity contribution in [1.82, 2.24) is 0 Å². The van der Waals surface area contributed by atoms with Gasteiger partial charge in [-0.1, -0.05) is 93.7 Å². The summed E-state index contributed by atoms with van der Waals surface area (Å²) in [4.78, 5) is 0. The Labute approximate surface area is 301 Å². The van der Waals surface area contributed by atoms with E-state index in [1.54, 1.807) is 0 Å². The first-order valence-electron chi connectivity index (χ1n) is 18.3. The van der Waals surface area contributed by atoms with E-state index in [9.17, 15) is 0 Å². The summed E-state index contributed by atoms with van der Waals surface area (Å²) in [6, 6.07) is 0. The minimum Gasteiger partial charge on any atom is -0.379 e. The minimum absolute atomic E-state index is 0.527. The van der Waals surface area contributed by atoms with E-state index in [0.29, 0.717) is 132 Å². The molecule has 0 rings (SSSR count). The Hall–Kier alpha value is 0.290. The Bertz CT molecular complexity index is 494. The van der Waals surface area contributed by atoms with Crippen molar-refractivity contribution in [1.29, 1.82) is 0 Å². The van der Waals surface area contributed by atoms with Crippen molar-refractivity contribution >= 4 is 22.6 Å². The van der Waals surface area contributed by atoms with Crippen molar-refractivity contribution in [2.24, 2.45) is 0 Å². The molecule has 0 N–H and O–H groups in total. The predicted molar refractivity (Wildman–Crippen MR) is 194 cm³/mol. The third-order valence-corrected chi connectivity index (χ3v) is 7.27. The van der Waals surface area contributed by atoms with Crippen LogP contribution >= 0.6 is 22.6 Å². The maximum Gasteiger partial charge on any atom is 0.0701 e. The zero-order valence-corrected chi connectivity index (χ0v) is 32.1. The molecule has 0 aromatic carbocycles. The van der Waals surface area contributed by atoms with E-state index in [0.717, 1.165) is 24.1 Å². The number of ether oxygens (including phenoxy) is 11. The lowest BCUT2D eigenvalue weighted by atomic mass is 10.1. The molecule has 0 atom stereocenters. The smallest absolute Gasteiger partial charge is 0.0701 e. The van der Waals surface area contributed by atoms with Gasteiger partial charge in [-0.3, -0.25) is 0 Å². The maximum atomic E-state index is 5.66. The Morgan fingerprint density at radius 1 is 0.234 bits per heavy atom. The molecule has 0 aromatic heterocycles. The first-order valence-corrected chi connectivity index (χ1v) is 19.9. The number of rotatable bonds is 44. The first-order chi connectivity index (χ1) is 23.4. The van der Waals surface area contributed by atoms with Gasteiger partial charge in [-0.2, -0.15) is 0 Å². The second kappa shape index (κ2) is 46.3. The Balaban J connectivity index is 3.03. The molecule has 0 fully saturated rings. The Morgan fingerprint density at radius 3 is 0.660 bits per heavy atom. The lowest BCUT2D eigenvalue weighted by Crippen LogP contribution is -2.15. The molecule has 47 heavy (non-hydrogen) atoms. The third-order valence-electron chi connectivity index (χ3n) is 6.83. The van der Waals surface area contributed by atoms with Gasteiger partial charge >= 0.3 is 0 Å². The van der Waals surface area contributed by atoms with Crippen LogP contribution in [0.4, 0.5) is 0 Å². The topological polar surface area (TPSA) is 102 Å². The Kier molecular flexibility index (Phi) is 46.6. The standard InChI is InChI=1S/C35H71IO11/c1-2-3-4-5-6-7-8-9-10-11-12-14-37-16-18-39-20-22-41-24-26-43-28-30-45-32-34-47-35-33-46-31-29-44-27-25-42-23-21-40-19-17-38-15-13-36/h2-35H2,1H3. The minimum atomic E-state index is 0.527. The third kappa shape index (κ3) is 46.3. The second-order valence-electron chi connectivity index (χ2n) is 11.0. The largest absolute Gasteiger partial charge is 0.379 e. The molecule has 0 radical (unpaired) electrons. The van der Waals surface area contributed by atoms with E-state index in [1.165, 1.54) is 64.2 Å². The zero-order chi connectivity index (χ0) is 33.8. The van der Waals surface area contributed by atoms with Crippen molar-refractivity contribution in [2.45, 2.75) is 77.6 Å². The summed E-state index contributed by atoms with van der Waals surface area (Å²) in [6.07, 6.45) is 14.9. The van der Waals surface area contributed by atoms with Crippen molar-refractivity contribution < 1.29 is 52.1 Å². The molecule has 0 aliphatic heterocycles. The van der Waals surface area contributed by atoms with E-state index in [1.807, 2.05) is 0 Å². The lowest BCUT2D eigenvalue weighted by molar-refractivity contribution is -0.0273. The van der Waals surface area contributed by atoms with Crippen LogP contribution in [0.1, 0.15) is 77.6 Å². The molecule has 0 saturated heterocycles. The van der Waals surface area contributed by atoms with Gasteiger partial charge in [0.25, 0.3) is 0 Å². The van der Waals surface area contributed by atoms with Crippen molar-refractivity contribution in [3.05, 3.63) is 0 Å². The van der Waals surface area contributed by atoms with Crippen LogP contribution < -0.4 is 0 Å². The van der Waals surface area contributed by atoms with Crippen LogP contribution in [0.3, 0.4) is 0 Å². The molecule has 12 heteroatoms. The van der Waals surface area contributed by atoms with Crippen LogP contribution in [0.5, 0.6) is 0 Å². The quantitative estimate of drug-likeness (QED) is 0.0418. The summed E-state index contributed by atoms with van der Waals surface area (Å²) < 4.78 is 61.4. The fraction of sp³-hybridized carbons (Fsp3) is 1.00. The summed E-state index contributed by atoms with van der Waals surface area (Å²) in [7, 11) is 0. The monoisotopic (exact) mass is 794 g/mol. The second-order valence-corrected chi connectivity index (χ2v) is 12.0. The summed E-state index contributed by atoms with van der Waals surface area (Å²) in [6.45, 7) is 15.1. The fourth-order valence-corrected chi connectivity index (χ4v) is 4.54. The lowest BCUT2D eigenvalue weighted by Gasteiger charge is -2.09. The maximum absolute atomic E-state index is 5.66. The summed E-state index contributed by atoms with van der Waals surface area (Å²) in [5, 5.41) is 0. The average Bonchev–Trinajstić information content (AvgIpc) is 3.08. The molecule has 0 saturated carbocycles. The average molecular weight is 795 g/mol. The Morgan fingerprint density at radius 2 is 0.426 bits per heavy atom. The van der Waals surface area contributed by atoms with E-state index in [4.69, 9.17) is 52.1 Å². The van der Waals surface area contributed by atoms with E-state index in [2.05, 4.69) is 29.5 Å². The molecular formula is C35H71IO11. The van der Waals surface area contributed by atoms with Crippen molar-refractivity contribution in [3.8, 4) is 0 Å². The van der Waals surface area contributed by atoms with Crippen molar-refractivity contribution in [2.75, 3.05) is 150 Å². The highest BCUT2D eigenvalue weighted by molar-refractivity contribution is 14.1. The van der Waals surface area contributed by atoms with E-state index >= 15 is 0 Å². The highest BCUT2D eigenvalue weighted by Gasteiger charge is 1.97. The fourth-order valence-electron chi connectivity index (χ4n) is 4.22. The molecule has 284 valence electrons. The zero-order valence-electron chi connectivity index (χ0n) is 29.9. The predicted octanol–water partition coefficient (Wildman–Crippen LogP) is 5.92. The summed E-state index contributed by atoms with van der Waals surface area (Å²) in [5.74, 6) is 0. The van der Waals surface area contributed by atoms with Crippen LogP contribution in [-0.4, -0.2) is 150 Å². The summed E-state index contributed by atoms with van der Waals surface area (Å²) >= 11 is 2.28. The molecule has 0 unspecified atom stereocenters. The molecule has 0 amide bonds. The number of halogens is 1. The van der Waals surface area contributed by atoms with E-state index < -0.39 is 0 Å². The highest BCUT2D eigenvalue weighted by atomic mass is 127.